The molecule has 0 aromatic rings. The Labute approximate surface area is 81.4 Å². The molecule has 1 fully saturated rings. The Hall–Kier alpha value is -0.0500. The van der Waals surface area contributed by atoms with Crippen LogP contribution in [0.4, 0.5) is 0 Å². The number of nitrogens with one attached hydrogen (secondary N) is 1. The van der Waals surface area contributed by atoms with Gasteiger partial charge in [0.25, 0.3) is 0 Å². The number of allylic oxidation sites excluding steroid dienone is 1. The molecule has 1 heterocycles. The van der Waals surface area contributed by atoms with Crippen LogP contribution in [0, 0.1) is 0 Å². The summed E-state index contributed by atoms with van der Waals surface area (Å²) in [6.07, 6.45) is 4.34. The zero-order valence-corrected chi connectivity index (χ0v) is 8.73. The molecule has 0 amide bonds. The molecular weight excluding hydrogens is 172 g/mol. The molecule has 2 nitrogen and oxygen atoms in total. The number of hydrogen-bond donors (Lipinski definition) is 1. The fourth-order valence-electron chi connectivity index (χ4n) is 1.40. The Kier molecular flexibility index (Phi) is 6.44. The summed E-state index contributed by atoms with van der Waals surface area (Å²) >= 11 is 0. The molecule has 1 saturated heterocycles. The summed E-state index contributed by atoms with van der Waals surface area (Å²) in [5.74, 6) is 0. The predicted octanol–water partition coefficient (Wildman–Crippen LogP) is 1.28. The lowest BCUT2D eigenvalue weighted by atomic mass is 10.2. The van der Waals surface area contributed by atoms with Gasteiger partial charge in [0.05, 0.1) is 0 Å². The van der Waals surface area contributed by atoms with Gasteiger partial charge in [0.15, 0.2) is 0 Å². The van der Waals surface area contributed by atoms with Gasteiger partial charge in [-0.2, -0.15) is 0 Å². The molecule has 3 heteroatoms. The zero-order chi connectivity index (χ0) is 8.10. The molecule has 0 aromatic carbocycles. The monoisotopic (exact) mass is 190 g/mol. The largest absolute Gasteiger partial charge is 0.314 e. The molecule has 0 bridgehead atoms. The number of hydrogen-bond acceptors (Lipinski definition) is 2. The Morgan fingerprint density at radius 3 is 2.92 bits per heavy atom. The first kappa shape index (κ1) is 11.9. The van der Waals surface area contributed by atoms with E-state index >= 15 is 0 Å². The molecule has 1 rings (SSSR count). The summed E-state index contributed by atoms with van der Waals surface area (Å²) in [4.78, 5) is 2.50. The van der Waals surface area contributed by atoms with Gasteiger partial charge in [-0.15, -0.1) is 12.4 Å². The molecule has 0 spiro atoms. The lowest BCUT2D eigenvalue weighted by Crippen LogP contribution is -2.49. The molecule has 0 aromatic heterocycles. The normalized spacial score (nSPS) is 25.7. The quantitative estimate of drug-likeness (QED) is 0.661. The number of halogens is 1. The van der Waals surface area contributed by atoms with Crippen molar-refractivity contribution in [3.05, 3.63) is 12.2 Å². The minimum absolute atomic E-state index is 0. The van der Waals surface area contributed by atoms with Crippen LogP contribution in [0.3, 0.4) is 0 Å². The van der Waals surface area contributed by atoms with Crippen molar-refractivity contribution >= 4 is 12.4 Å². The molecular formula is C9H19ClN2. The van der Waals surface area contributed by atoms with Crippen molar-refractivity contribution in [2.24, 2.45) is 0 Å². The lowest BCUT2D eigenvalue weighted by Gasteiger charge is -2.32. The number of piperazine rings is 1. The summed E-state index contributed by atoms with van der Waals surface area (Å²) in [5.41, 5.74) is 0. The summed E-state index contributed by atoms with van der Waals surface area (Å²) in [7, 11) is 0. The van der Waals surface area contributed by atoms with Crippen LogP contribution >= 0.6 is 12.4 Å². The van der Waals surface area contributed by atoms with Crippen molar-refractivity contribution in [2.45, 2.75) is 19.9 Å². The van der Waals surface area contributed by atoms with Crippen LogP contribution in [0.25, 0.3) is 0 Å². The molecule has 1 N–H and O–H groups in total. The van der Waals surface area contributed by atoms with Crippen LogP contribution in [-0.2, 0) is 0 Å². The van der Waals surface area contributed by atoms with Crippen LogP contribution in [-0.4, -0.2) is 37.1 Å². The second-order valence-corrected chi connectivity index (χ2v) is 3.12. The van der Waals surface area contributed by atoms with E-state index in [9.17, 15) is 0 Å². The summed E-state index contributed by atoms with van der Waals surface area (Å²) in [6, 6.07) is 0.694. The first-order chi connectivity index (χ1) is 5.34. The molecule has 12 heavy (non-hydrogen) atoms. The average molecular weight is 191 g/mol. The van der Waals surface area contributed by atoms with E-state index in [1.54, 1.807) is 0 Å². The van der Waals surface area contributed by atoms with Crippen LogP contribution in [0.2, 0.25) is 0 Å². The SMILES string of the molecule is CC=CCN1CCNCC1C.Cl. The van der Waals surface area contributed by atoms with Gasteiger partial charge in [-0.3, -0.25) is 4.90 Å². The Bertz CT molecular complexity index is 136. The molecule has 0 saturated carbocycles. The second kappa shape index (κ2) is 6.46. The van der Waals surface area contributed by atoms with Crippen molar-refractivity contribution in [3.63, 3.8) is 0 Å². The van der Waals surface area contributed by atoms with E-state index in [0.29, 0.717) is 6.04 Å². The van der Waals surface area contributed by atoms with E-state index in [2.05, 4.69) is 36.2 Å². The third-order valence-electron chi connectivity index (χ3n) is 2.21. The Morgan fingerprint density at radius 1 is 1.58 bits per heavy atom. The fourth-order valence-corrected chi connectivity index (χ4v) is 1.40. The molecule has 1 atom stereocenters. The standard InChI is InChI=1S/C9H18N2.ClH/c1-3-4-6-11-7-5-10-8-9(11)2;/h3-4,9-10H,5-8H2,1-2H3;1H. The van der Waals surface area contributed by atoms with Crippen molar-refractivity contribution < 1.29 is 0 Å². The van der Waals surface area contributed by atoms with E-state index < -0.39 is 0 Å². The highest BCUT2D eigenvalue weighted by molar-refractivity contribution is 5.85. The third-order valence-corrected chi connectivity index (χ3v) is 2.21. The van der Waals surface area contributed by atoms with Crippen molar-refractivity contribution in [1.82, 2.24) is 10.2 Å². The van der Waals surface area contributed by atoms with Gasteiger partial charge in [0.1, 0.15) is 0 Å². The maximum absolute atomic E-state index is 3.38. The minimum atomic E-state index is 0. The van der Waals surface area contributed by atoms with Gasteiger partial charge < -0.3 is 5.32 Å². The molecule has 0 radical (unpaired) electrons. The lowest BCUT2D eigenvalue weighted by molar-refractivity contribution is 0.192. The number of nitrogens with zero attached hydrogens (tertiary/aromatic N) is 1. The van der Waals surface area contributed by atoms with E-state index in [-0.39, 0.29) is 12.4 Å². The van der Waals surface area contributed by atoms with Gasteiger partial charge in [0.2, 0.25) is 0 Å². The van der Waals surface area contributed by atoms with Gasteiger partial charge in [-0.05, 0) is 13.8 Å². The predicted molar refractivity (Wildman–Crippen MR) is 56.0 cm³/mol. The first-order valence-electron chi connectivity index (χ1n) is 4.40. The van der Waals surface area contributed by atoms with Crippen LogP contribution in [0.15, 0.2) is 12.2 Å². The second-order valence-electron chi connectivity index (χ2n) is 3.12. The molecule has 72 valence electrons. The first-order valence-corrected chi connectivity index (χ1v) is 4.40. The molecule has 0 aliphatic carbocycles. The van der Waals surface area contributed by atoms with E-state index in [4.69, 9.17) is 0 Å². The molecule has 1 aliphatic rings. The van der Waals surface area contributed by atoms with E-state index in [1.165, 1.54) is 6.54 Å². The summed E-state index contributed by atoms with van der Waals surface area (Å²) in [5, 5.41) is 3.38. The highest BCUT2D eigenvalue weighted by Crippen LogP contribution is 2.01. The minimum Gasteiger partial charge on any atom is -0.314 e. The molecule has 1 unspecified atom stereocenters. The van der Waals surface area contributed by atoms with Crippen LogP contribution in [0.5, 0.6) is 0 Å². The fraction of sp³-hybridized carbons (Fsp3) is 0.778. The Balaban J connectivity index is 0.00000121. The molecule has 1 aliphatic heterocycles. The highest BCUT2D eigenvalue weighted by atomic mass is 35.5. The van der Waals surface area contributed by atoms with Gasteiger partial charge in [-0.1, -0.05) is 12.2 Å². The van der Waals surface area contributed by atoms with Crippen molar-refractivity contribution in [1.29, 1.82) is 0 Å². The summed E-state index contributed by atoms with van der Waals surface area (Å²) < 4.78 is 0. The highest BCUT2D eigenvalue weighted by Gasteiger charge is 2.15. The van der Waals surface area contributed by atoms with E-state index in [1.807, 2.05) is 0 Å². The van der Waals surface area contributed by atoms with Crippen molar-refractivity contribution in [3.8, 4) is 0 Å². The van der Waals surface area contributed by atoms with Crippen molar-refractivity contribution in [2.75, 3.05) is 26.2 Å². The average Bonchev–Trinajstić information content (AvgIpc) is 2.03. The maximum atomic E-state index is 3.38. The zero-order valence-electron chi connectivity index (χ0n) is 7.92. The van der Waals surface area contributed by atoms with Gasteiger partial charge >= 0.3 is 0 Å². The van der Waals surface area contributed by atoms with Gasteiger partial charge in [-0.25, -0.2) is 0 Å². The Morgan fingerprint density at radius 2 is 2.33 bits per heavy atom. The third kappa shape index (κ3) is 3.57. The topological polar surface area (TPSA) is 15.3 Å². The number of rotatable bonds is 2. The van der Waals surface area contributed by atoms with Crippen LogP contribution in [0.1, 0.15) is 13.8 Å². The van der Waals surface area contributed by atoms with Crippen LogP contribution < -0.4 is 5.32 Å². The smallest absolute Gasteiger partial charge is 0.0196 e. The van der Waals surface area contributed by atoms with E-state index in [0.717, 1.165) is 19.6 Å². The maximum Gasteiger partial charge on any atom is 0.0196 e. The summed E-state index contributed by atoms with van der Waals surface area (Å²) in [6.45, 7) is 8.92. The van der Waals surface area contributed by atoms with Gasteiger partial charge in [0, 0.05) is 32.2 Å².